The lowest BCUT2D eigenvalue weighted by molar-refractivity contribution is 0.0687. The van der Waals surface area contributed by atoms with E-state index < -0.39 is 5.97 Å². The van der Waals surface area contributed by atoms with Crippen LogP contribution in [0.2, 0.25) is 0 Å². The molecule has 19 heavy (non-hydrogen) atoms. The molecule has 2 aromatic heterocycles. The monoisotopic (exact) mass is 276 g/mol. The van der Waals surface area contributed by atoms with Gasteiger partial charge in [-0.2, -0.15) is 0 Å². The van der Waals surface area contributed by atoms with Crippen molar-refractivity contribution in [2.45, 2.75) is 19.5 Å². The number of hydrogen-bond acceptors (Lipinski definition) is 4. The van der Waals surface area contributed by atoms with Crippen LogP contribution in [0.3, 0.4) is 0 Å². The van der Waals surface area contributed by atoms with Gasteiger partial charge in [-0.25, -0.2) is 9.78 Å². The minimum atomic E-state index is -0.979. The van der Waals surface area contributed by atoms with E-state index in [2.05, 4.69) is 22.9 Å². The first-order chi connectivity index (χ1) is 9.09. The highest BCUT2D eigenvalue weighted by Gasteiger charge is 2.17. The number of aromatic nitrogens is 1. The molecule has 0 aliphatic heterocycles. The predicted octanol–water partition coefficient (Wildman–Crippen LogP) is 3.03. The van der Waals surface area contributed by atoms with Crippen LogP contribution < -0.4 is 0 Å². The number of carboxylic acids is 1. The largest absolute Gasteiger partial charge is 0.477 e. The molecule has 2 aromatic rings. The van der Waals surface area contributed by atoms with Crippen molar-refractivity contribution in [1.82, 2.24) is 9.88 Å². The fourth-order valence-electron chi connectivity index (χ4n) is 1.91. The minimum Gasteiger partial charge on any atom is -0.477 e. The molecule has 2 heterocycles. The van der Waals surface area contributed by atoms with Crippen LogP contribution in [0.15, 0.2) is 35.8 Å². The molecule has 2 rings (SSSR count). The first-order valence-electron chi connectivity index (χ1n) is 6.00. The summed E-state index contributed by atoms with van der Waals surface area (Å²) >= 11 is 1.71. The van der Waals surface area contributed by atoms with Gasteiger partial charge in [0.05, 0.1) is 0 Å². The lowest BCUT2D eigenvalue weighted by Crippen LogP contribution is -2.22. The van der Waals surface area contributed by atoms with Gasteiger partial charge in [-0.15, -0.1) is 11.3 Å². The van der Waals surface area contributed by atoms with E-state index in [1.165, 1.54) is 11.1 Å². The molecular weight excluding hydrogens is 260 g/mol. The summed E-state index contributed by atoms with van der Waals surface area (Å²) in [7, 11) is 1.99. The van der Waals surface area contributed by atoms with Crippen LogP contribution in [0.5, 0.6) is 0 Å². The fourth-order valence-corrected chi connectivity index (χ4v) is 2.76. The Hall–Kier alpha value is -1.72. The summed E-state index contributed by atoms with van der Waals surface area (Å²) < 4.78 is 0. The zero-order valence-electron chi connectivity index (χ0n) is 10.9. The lowest BCUT2D eigenvalue weighted by Gasteiger charge is -2.24. The number of aromatic carboxylic acids is 1. The number of carbonyl (C=O) groups is 1. The van der Waals surface area contributed by atoms with Crippen LogP contribution in [0.4, 0.5) is 0 Å². The highest BCUT2D eigenvalue weighted by atomic mass is 32.1. The van der Waals surface area contributed by atoms with Crippen LogP contribution in [0.25, 0.3) is 0 Å². The van der Waals surface area contributed by atoms with Crippen molar-refractivity contribution in [1.29, 1.82) is 0 Å². The van der Waals surface area contributed by atoms with Crippen molar-refractivity contribution in [2.24, 2.45) is 0 Å². The maximum absolute atomic E-state index is 11.1. The van der Waals surface area contributed by atoms with Gasteiger partial charge in [0.25, 0.3) is 0 Å². The highest BCUT2D eigenvalue weighted by molar-refractivity contribution is 7.10. The zero-order valence-corrected chi connectivity index (χ0v) is 11.7. The average Bonchev–Trinajstić information content (AvgIpc) is 2.92. The summed E-state index contributed by atoms with van der Waals surface area (Å²) in [5.74, 6) is -0.979. The van der Waals surface area contributed by atoms with Crippen LogP contribution in [-0.2, 0) is 6.54 Å². The van der Waals surface area contributed by atoms with Gasteiger partial charge in [0.15, 0.2) is 5.69 Å². The summed E-state index contributed by atoms with van der Waals surface area (Å²) in [5, 5.41) is 11.2. The molecule has 0 aromatic carbocycles. The first-order valence-corrected chi connectivity index (χ1v) is 6.88. The molecule has 0 aliphatic rings. The second-order valence-electron chi connectivity index (χ2n) is 4.42. The highest BCUT2D eigenvalue weighted by Crippen LogP contribution is 2.25. The number of carboxylic acid groups (broad SMARTS) is 1. The Morgan fingerprint density at radius 1 is 1.47 bits per heavy atom. The molecule has 0 amide bonds. The third-order valence-corrected chi connectivity index (χ3v) is 4.17. The molecular formula is C14H16N2O2S. The fraction of sp³-hybridized carbons (Fsp3) is 0.286. The number of rotatable bonds is 5. The second-order valence-corrected chi connectivity index (χ2v) is 5.40. The standard InChI is InChI=1S/C14H16N2O2S/c1-10(12-6-4-8-19-12)16(2)9-11-5-3-7-15-13(11)14(17)18/h3-8,10H,9H2,1-2H3,(H,17,18). The third kappa shape index (κ3) is 3.19. The number of thiophene rings is 1. The summed E-state index contributed by atoms with van der Waals surface area (Å²) in [4.78, 5) is 18.4. The van der Waals surface area contributed by atoms with Crippen LogP contribution in [0.1, 0.15) is 33.9 Å². The molecule has 0 radical (unpaired) electrons. The smallest absolute Gasteiger partial charge is 0.354 e. The number of nitrogens with zero attached hydrogens (tertiary/aromatic N) is 2. The molecule has 0 fully saturated rings. The van der Waals surface area contributed by atoms with E-state index in [4.69, 9.17) is 5.11 Å². The molecule has 0 saturated carbocycles. The second kappa shape index (κ2) is 5.95. The van der Waals surface area contributed by atoms with Crippen LogP contribution in [-0.4, -0.2) is 28.0 Å². The summed E-state index contributed by atoms with van der Waals surface area (Å²) in [6.07, 6.45) is 1.51. The maximum Gasteiger partial charge on any atom is 0.354 e. The third-order valence-electron chi connectivity index (χ3n) is 3.13. The van der Waals surface area contributed by atoms with E-state index in [0.717, 1.165) is 5.56 Å². The Balaban J connectivity index is 2.15. The van der Waals surface area contributed by atoms with E-state index in [9.17, 15) is 4.79 Å². The Kier molecular flexibility index (Phi) is 4.29. The van der Waals surface area contributed by atoms with Gasteiger partial charge in [-0.1, -0.05) is 12.1 Å². The van der Waals surface area contributed by atoms with Gasteiger partial charge in [0, 0.05) is 23.7 Å². The Morgan fingerprint density at radius 2 is 2.26 bits per heavy atom. The molecule has 4 nitrogen and oxygen atoms in total. The molecule has 0 spiro atoms. The minimum absolute atomic E-state index is 0.132. The summed E-state index contributed by atoms with van der Waals surface area (Å²) in [5.41, 5.74) is 0.869. The van der Waals surface area contributed by atoms with E-state index >= 15 is 0 Å². The number of pyridine rings is 1. The van der Waals surface area contributed by atoms with E-state index in [1.54, 1.807) is 17.4 Å². The van der Waals surface area contributed by atoms with Gasteiger partial charge >= 0.3 is 5.97 Å². The quantitative estimate of drug-likeness (QED) is 0.912. The van der Waals surface area contributed by atoms with Crippen molar-refractivity contribution < 1.29 is 9.90 Å². The predicted molar refractivity (Wildman–Crippen MR) is 75.4 cm³/mol. The molecule has 0 bridgehead atoms. The van der Waals surface area contributed by atoms with Gasteiger partial charge in [-0.3, -0.25) is 4.90 Å². The Labute approximate surface area is 116 Å². The van der Waals surface area contributed by atoms with E-state index in [1.807, 2.05) is 24.6 Å². The van der Waals surface area contributed by atoms with Gasteiger partial charge < -0.3 is 5.11 Å². The molecule has 5 heteroatoms. The molecule has 1 unspecified atom stereocenters. The summed E-state index contributed by atoms with van der Waals surface area (Å²) in [6.45, 7) is 2.68. The zero-order chi connectivity index (χ0) is 13.8. The average molecular weight is 276 g/mol. The summed E-state index contributed by atoms with van der Waals surface area (Å²) in [6, 6.07) is 7.95. The Morgan fingerprint density at radius 3 is 2.89 bits per heavy atom. The molecule has 0 saturated heterocycles. The van der Waals surface area contributed by atoms with Crippen molar-refractivity contribution in [3.05, 3.63) is 52.0 Å². The van der Waals surface area contributed by atoms with Crippen LogP contribution >= 0.6 is 11.3 Å². The van der Waals surface area contributed by atoms with E-state index in [0.29, 0.717) is 6.54 Å². The van der Waals surface area contributed by atoms with E-state index in [-0.39, 0.29) is 11.7 Å². The normalized spacial score (nSPS) is 12.6. The van der Waals surface area contributed by atoms with Crippen molar-refractivity contribution >= 4 is 17.3 Å². The van der Waals surface area contributed by atoms with Gasteiger partial charge in [-0.05, 0) is 37.0 Å². The first kappa shape index (κ1) is 13.7. The maximum atomic E-state index is 11.1. The van der Waals surface area contributed by atoms with Crippen molar-refractivity contribution in [2.75, 3.05) is 7.05 Å². The topological polar surface area (TPSA) is 53.4 Å². The Bertz CT molecular complexity index is 554. The molecule has 0 aliphatic carbocycles. The number of hydrogen-bond donors (Lipinski definition) is 1. The SMILES string of the molecule is CC(c1cccs1)N(C)Cc1cccnc1C(=O)O. The lowest BCUT2D eigenvalue weighted by atomic mass is 10.1. The molecule has 1 N–H and O–H groups in total. The molecule has 1 atom stereocenters. The van der Waals surface area contributed by atoms with Crippen molar-refractivity contribution in [3.63, 3.8) is 0 Å². The van der Waals surface area contributed by atoms with Gasteiger partial charge in [0.2, 0.25) is 0 Å². The van der Waals surface area contributed by atoms with Crippen LogP contribution in [0, 0.1) is 0 Å². The molecule has 100 valence electrons. The van der Waals surface area contributed by atoms with Gasteiger partial charge in [0.1, 0.15) is 0 Å². The van der Waals surface area contributed by atoms with Crippen molar-refractivity contribution in [3.8, 4) is 0 Å².